The lowest BCUT2D eigenvalue weighted by atomic mass is 10.0. The van der Waals surface area contributed by atoms with Crippen LogP contribution in [0.5, 0.6) is 0 Å². The van der Waals surface area contributed by atoms with E-state index in [2.05, 4.69) is 27.3 Å². The van der Waals surface area contributed by atoms with Crippen molar-refractivity contribution < 1.29 is 8.42 Å². The number of anilines is 1. The van der Waals surface area contributed by atoms with E-state index in [0.29, 0.717) is 5.69 Å². The summed E-state index contributed by atoms with van der Waals surface area (Å²) in [6.07, 6.45) is 0. The van der Waals surface area contributed by atoms with Crippen molar-refractivity contribution in [2.24, 2.45) is 0 Å². The van der Waals surface area contributed by atoms with Crippen LogP contribution in [0, 0.1) is 3.57 Å². The van der Waals surface area contributed by atoms with Crippen molar-refractivity contribution in [1.82, 2.24) is 0 Å². The molecule has 116 valence electrons. The molecule has 0 aliphatic carbocycles. The molecule has 0 aromatic heterocycles. The Morgan fingerprint density at radius 2 is 1.35 bits per heavy atom. The Hall–Kier alpha value is -1.86. The van der Waals surface area contributed by atoms with Crippen LogP contribution in [0.2, 0.25) is 0 Å². The molecular weight excluding hydrogens is 421 g/mol. The molecule has 0 aliphatic heterocycles. The van der Waals surface area contributed by atoms with Gasteiger partial charge >= 0.3 is 0 Å². The number of rotatable bonds is 4. The first-order valence-corrected chi connectivity index (χ1v) is 9.55. The van der Waals surface area contributed by atoms with Gasteiger partial charge in [0.05, 0.1) is 10.6 Å². The summed E-state index contributed by atoms with van der Waals surface area (Å²) >= 11 is 2.15. The van der Waals surface area contributed by atoms with Crippen LogP contribution >= 0.6 is 22.6 Å². The number of hydrogen-bond acceptors (Lipinski definition) is 2. The van der Waals surface area contributed by atoms with Crippen molar-refractivity contribution in [2.75, 3.05) is 4.72 Å². The van der Waals surface area contributed by atoms with Crippen molar-refractivity contribution in [2.45, 2.75) is 4.90 Å². The Morgan fingerprint density at radius 3 is 2.04 bits per heavy atom. The minimum atomic E-state index is -3.61. The lowest BCUT2D eigenvalue weighted by Gasteiger charge is -2.13. The number of hydrogen-bond donors (Lipinski definition) is 1. The van der Waals surface area contributed by atoms with E-state index in [1.165, 1.54) is 0 Å². The highest BCUT2D eigenvalue weighted by molar-refractivity contribution is 14.1. The molecule has 0 bridgehead atoms. The normalized spacial score (nSPS) is 11.2. The monoisotopic (exact) mass is 435 g/mol. The summed E-state index contributed by atoms with van der Waals surface area (Å²) in [6, 6.07) is 23.9. The third-order valence-electron chi connectivity index (χ3n) is 3.38. The molecule has 5 heteroatoms. The van der Waals surface area contributed by atoms with Gasteiger partial charge in [0.1, 0.15) is 0 Å². The molecule has 0 saturated heterocycles. The number of halogens is 1. The average molecular weight is 435 g/mol. The highest BCUT2D eigenvalue weighted by atomic mass is 127. The first-order valence-electron chi connectivity index (χ1n) is 6.99. The molecule has 0 fully saturated rings. The SMILES string of the molecule is O=S(=O)(Nc1ccccc1-c1ccccc1)c1ccc(I)cc1. The van der Waals surface area contributed by atoms with E-state index in [1.807, 2.05) is 48.5 Å². The van der Waals surface area contributed by atoms with Crippen molar-refractivity contribution in [1.29, 1.82) is 0 Å². The highest BCUT2D eigenvalue weighted by Crippen LogP contribution is 2.29. The number of sulfonamides is 1. The third-order valence-corrected chi connectivity index (χ3v) is 5.48. The van der Waals surface area contributed by atoms with Crippen LogP contribution in [0.1, 0.15) is 0 Å². The van der Waals surface area contributed by atoms with Crippen molar-refractivity contribution >= 4 is 38.3 Å². The zero-order chi connectivity index (χ0) is 16.3. The van der Waals surface area contributed by atoms with Gasteiger partial charge in [0.2, 0.25) is 0 Å². The van der Waals surface area contributed by atoms with Gasteiger partial charge in [-0.15, -0.1) is 0 Å². The Balaban J connectivity index is 1.99. The summed E-state index contributed by atoms with van der Waals surface area (Å²) in [5.41, 5.74) is 2.38. The minimum absolute atomic E-state index is 0.251. The van der Waals surface area contributed by atoms with E-state index in [-0.39, 0.29) is 4.90 Å². The maximum atomic E-state index is 12.6. The summed E-state index contributed by atoms with van der Waals surface area (Å²) in [5, 5.41) is 0. The van der Waals surface area contributed by atoms with Crippen molar-refractivity contribution in [3.63, 3.8) is 0 Å². The molecule has 1 N–H and O–H groups in total. The number of benzene rings is 3. The van der Waals surface area contributed by atoms with E-state index < -0.39 is 10.0 Å². The lowest BCUT2D eigenvalue weighted by molar-refractivity contribution is 0.601. The molecule has 0 saturated carbocycles. The van der Waals surface area contributed by atoms with Crippen LogP contribution in [0.25, 0.3) is 11.1 Å². The van der Waals surface area contributed by atoms with Gasteiger partial charge in [0.15, 0.2) is 0 Å². The van der Waals surface area contributed by atoms with Gasteiger partial charge in [-0.3, -0.25) is 4.72 Å². The fraction of sp³-hybridized carbons (Fsp3) is 0. The lowest BCUT2D eigenvalue weighted by Crippen LogP contribution is -2.13. The van der Waals surface area contributed by atoms with Gasteiger partial charge in [0.25, 0.3) is 10.0 Å². The average Bonchev–Trinajstić information content (AvgIpc) is 2.56. The maximum Gasteiger partial charge on any atom is 0.261 e. The van der Waals surface area contributed by atoms with E-state index in [0.717, 1.165) is 14.7 Å². The molecule has 0 unspecified atom stereocenters. The topological polar surface area (TPSA) is 46.2 Å². The molecule has 3 aromatic rings. The fourth-order valence-corrected chi connectivity index (χ4v) is 3.70. The second-order valence-corrected chi connectivity index (χ2v) is 7.90. The maximum absolute atomic E-state index is 12.6. The van der Waals surface area contributed by atoms with Crippen molar-refractivity contribution in [3.8, 4) is 11.1 Å². The second-order valence-electron chi connectivity index (χ2n) is 4.97. The zero-order valence-corrected chi connectivity index (χ0v) is 15.1. The fourth-order valence-electron chi connectivity index (χ4n) is 2.26. The predicted molar refractivity (Wildman–Crippen MR) is 102 cm³/mol. The molecule has 0 amide bonds. The van der Waals surface area contributed by atoms with E-state index >= 15 is 0 Å². The summed E-state index contributed by atoms with van der Waals surface area (Å²) in [4.78, 5) is 0.251. The van der Waals surface area contributed by atoms with Crippen LogP contribution < -0.4 is 4.72 Å². The molecule has 3 nitrogen and oxygen atoms in total. The molecule has 0 heterocycles. The van der Waals surface area contributed by atoms with E-state index in [1.54, 1.807) is 30.3 Å². The Morgan fingerprint density at radius 1 is 0.739 bits per heavy atom. The number of nitrogens with one attached hydrogen (secondary N) is 1. The first kappa shape index (κ1) is 16.0. The molecule has 0 aliphatic rings. The minimum Gasteiger partial charge on any atom is -0.279 e. The van der Waals surface area contributed by atoms with E-state index in [9.17, 15) is 8.42 Å². The largest absolute Gasteiger partial charge is 0.279 e. The molecule has 0 spiro atoms. The van der Waals surface area contributed by atoms with Crippen LogP contribution in [-0.2, 0) is 10.0 Å². The summed E-state index contributed by atoms with van der Waals surface area (Å²) in [7, 11) is -3.61. The zero-order valence-electron chi connectivity index (χ0n) is 12.1. The van der Waals surface area contributed by atoms with Gasteiger partial charge in [-0.05, 0) is 58.5 Å². The van der Waals surface area contributed by atoms with Gasteiger partial charge in [-0.2, -0.15) is 0 Å². The van der Waals surface area contributed by atoms with Gasteiger partial charge in [0, 0.05) is 9.13 Å². The third kappa shape index (κ3) is 3.73. The summed E-state index contributed by atoms with van der Waals surface area (Å²) < 4.78 is 28.8. The van der Waals surface area contributed by atoms with Gasteiger partial charge in [-0.1, -0.05) is 48.5 Å². The number of para-hydroxylation sites is 1. The Bertz CT molecular complexity index is 907. The summed E-state index contributed by atoms with van der Waals surface area (Å²) in [5.74, 6) is 0. The predicted octanol–water partition coefficient (Wildman–Crippen LogP) is 4.76. The molecule has 0 atom stereocenters. The molecule has 0 radical (unpaired) electrons. The van der Waals surface area contributed by atoms with Crippen LogP contribution in [-0.4, -0.2) is 8.42 Å². The van der Waals surface area contributed by atoms with Gasteiger partial charge < -0.3 is 0 Å². The smallest absolute Gasteiger partial charge is 0.261 e. The quantitative estimate of drug-likeness (QED) is 0.601. The van der Waals surface area contributed by atoms with Crippen LogP contribution in [0.4, 0.5) is 5.69 Å². The molecular formula is C18H14INO2S. The summed E-state index contributed by atoms with van der Waals surface area (Å²) in [6.45, 7) is 0. The van der Waals surface area contributed by atoms with Gasteiger partial charge in [-0.25, -0.2) is 8.42 Å². The first-order chi connectivity index (χ1) is 11.1. The second kappa shape index (κ2) is 6.72. The van der Waals surface area contributed by atoms with E-state index in [4.69, 9.17) is 0 Å². The Kier molecular flexibility index (Phi) is 4.68. The van der Waals surface area contributed by atoms with Crippen LogP contribution in [0.3, 0.4) is 0 Å². The van der Waals surface area contributed by atoms with Crippen LogP contribution in [0.15, 0.2) is 83.8 Å². The standard InChI is InChI=1S/C18H14INO2S/c19-15-10-12-16(13-11-15)23(21,22)20-18-9-5-4-8-17(18)14-6-2-1-3-7-14/h1-13,20H. The molecule has 23 heavy (non-hydrogen) atoms. The van der Waals surface area contributed by atoms with Crippen molar-refractivity contribution in [3.05, 3.63) is 82.4 Å². The highest BCUT2D eigenvalue weighted by Gasteiger charge is 2.16. The molecule has 3 rings (SSSR count). The molecule has 3 aromatic carbocycles. The Labute approximate surface area is 149 Å².